The van der Waals surface area contributed by atoms with Crippen LogP contribution in [0, 0.1) is 47.0 Å². The number of carbonyl (C=O) groups is 1. The lowest BCUT2D eigenvalue weighted by Gasteiger charge is -2.40. The molecule has 0 saturated heterocycles. The first-order valence-corrected chi connectivity index (χ1v) is 21.2. The van der Waals surface area contributed by atoms with Gasteiger partial charge in [0.25, 0.3) is 0 Å². The number of allylic oxidation sites excluding steroid dienone is 1. The number of Topliss-reactive ketones (excluding diaryl/α,β-unsaturated/α-hetero) is 1. The van der Waals surface area contributed by atoms with Crippen molar-refractivity contribution in [3.05, 3.63) is 94.5 Å². The zero-order chi connectivity index (χ0) is 39.7. The average Bonchev–Trinajstić information content (AvgIpc) is 3.96. The summed E-state index contributed by atoms with van der Waals surface area (Å²) in [6, 6.07) is 9.82. The lowest BCUT2D eigenvalue weighted by atomic mass is 9.68. The second kappa shape index (κ2) is 14.8. The molecule has 3 aliphatic carbocycles. The minimum absolute atomic E-state index is 0.0150. The van der Waals surface area contributed by atoms with Crippen LogP contribution < -0.4 is 20.5 Å². The highest BCUT2D eigenvalue weighted by Gasteiger charge is 2.47. The summed E-state index contributed by atoms with van der Waals surface area (Å²) in [6.45, 7) is 2.84. The molecular weight excluding hydrogens is 729 g/mol. The molecule has 2 aromatic heterocycles. The monoisotopic (exact) mass is 780 g/mol. The third-order valence-electron chi connectivity index (χ3n) is 14.1. The number of hydrogen-bond acceptors (Lipinski definition) is 8. The van der Waals surface area contributed by atoms with Crippen molar-refractivity contribution in [3.63, 3.8) is 0 Å². The molecule has 10 nitrogen and oxygen atoms in total. The maximum Gasteiger partial charge on any atom is 0.191 e. The largest absolute Gasteiger partial charge is 0.465 e. The van der Waals surface area contributed by atoms with Crippen LogP contribution in [0.5, 0.6) is 11.5 Å². The van der Waals surface area contributed by atoms with Crippen molar-refractivity contribution in [3.8, 4) is 35.4 Å². The van der Waals surface area contributed by atoms with E-state index in [9.17, 15) is 20.1 Å². The molecule has 10 rings (SSSR count). The Balaban J connectivity index is 1.02. The Bertz CT molecular complexity index is 2420. The van der Waals surface area contributed by atoms with Gasteiger partial charge in [0.15, 0.2) is 17.7 Å². The Hall–Kier alpha value is -4.81. The molecule has 1 fully saturated rings. The number of aliphatic hydroxyl groups is 3. The second-order valence-corrected chi connectivity index (χ2v) is 17.8. The number of fused-ring (bicyclic) bond motifs is 6. The first-order valence-electron chi connectivity index (χ1n) is 21.2. The van der Waals surface area contributed by atoms with Crippen molar-refractivity contribution >= 4 is 16.7 Å². The lowest BCUT2D eigenvalue weighted by molar-refractivity contribution is -0.122. The molecule has 3 aliphatic heterocycles. The summed E-state index contributed by atoms with van der Waals surface area (Å²) in [6.07, 6.45) is 16.7. The quantitative estimate of drug-likeness (QED) is 0.0955. The highest BCUT2D eigenvalue weighted by atomic mass is 16.5. The number of H-pyrrole nitrogens is 1. The predicted molar refractivity (Wildman–Crippen MR) is 219 cm³/mol. The number of ketones is 1. The maximum absolute atomic E-state index is 13.2. The second-order valence-electron chi connectivity index (χ2n) is 17.8. The van der Waals surface area contributed by atoms with Gasteiger partial charge in [0, 0.05) is 55.2 Å². The summed E-state index contributed by atoms with van der Waals surface area (Å²) in [5.41, 5.74) is 13.5. The van der Waals surface area contributed by atoms with E-state index in [1.54, 1.807) is 0 Å². The van der Waals surface area contributed by atoms with Crippen molar-refractivity contribution < 1.29 is 29.6 Å². The summed E-state index contributed by atoms with van der Waals surface area (Å²) >= 11 is 0. The van der Waals surface area contributed by atoms with Gasteiger partial charge in [-0.2, -0.15) is 0 Å². The zero-order valence-electron chi connectivity index (χ0n) is 32.9. The van der Waals surface area contributed by atoms with E-state index in [1.165, 1.54) is 16.7 Å². The fourth-order valence-corrected chi connectivity index (χ4v) is 11.0. The van der Waals surface area contributed by atoms with E-state index in [0.717, 1.165) is 72.7 Å². The molecule has 2 bridgehead atoms. The van der Waals surface area contributed by atoms with Crippen LogP contribution in [0.1, 0.15) is 128 Å². The minimum atomic E-state index is -1.03. The van der Waals surface area contributed by atoms with E-state index < -0.39 is 41.8 Å². The van der Waals surface area contributed by atoms with Crippen LogP contribution in [0.25, 0.3) is 10.9 Å². The molecule has 300 valence electrons. The number of nitrogens with zero attached hydrogens (tertiary/aromatic N) is 1. The molecule has 2 aromatic carbocycles. The molecule has 4 aromatic rings. The minimum Gasteiger partial charge on any atom is -0.465 e. The van der Waals surface area contributed by atoms with Crippen LogP contribution in [0.15, 0.2) is 61.1 Å². The van der Waals surface area contributed by atoms with Gasteiger partial charge in [-0.3, -0.25) is 10.1 Å². The van der Waals surface area contributed by atoms with Crippen molar-refractivity contribution in [2.75, 3.05) is 6.54 Å². The summed E-state index contributed by atoms with van der Waals surface area (Å²) in [7, 11) is 0. The Morgan fingerprint density at radius 1 is 1.03 bits per heavy atom. The third-order valence-corrected chi connectivity index (χ3v) is 14.1. The van der Waals surface area contributed by atoms with Gasteiger partial charge in [-0.25, -0.2) is 0 Å². The number of hydrogen-bond donors (Lipinski definition) is 6. The van der Waals surface area contributed by atoms with E-state index >= 15 is 0 Å². The van der Waals surface area contributed by atoms with Crippen LogP contribution in [-0.2, 0) is 11.2 Å². The van der Waals surface area contributed by atoms with Crippen molar-refractivity contribution in [1.82, 2.24) is 14.9 Å². The van der Waals surface area contributed by atoms with E-state index in [4.69, 9.17) is 15.2 Å². The van der Waals surface area contributed by atoms with Crippen LogP contribution in [0.4, 0.5) is 0 Å². The van der Waals surface area contributed by atoms with Crippen LogP contribution in [0.2, 0.25) is 0 Å². The van der Waals surface area contributed by atoms with Gasteiger partial charge in [-0.1, -0.05) is 67.9 Å². The van der Waals surface area contributed by atoms with Crippen LogP contribution in [0.3, 0.4) is 0 Å². The number of nitrogens with two attached hydrogens (primary N) is 1. The first kappa shape index (κ1) is 37.5. The number of carbonyl (C=O) groups excluding carboxylic acids is 1. The van der Waals surface area contributed by atoms with Gasteiger partial charge >= 0.3 is 0 Å². The molecular formula is C48H52N4O6. The number of benzene rings is 2. The fraction of sp³-hybridized carbons (Fsp3) is 0.479. The van der Waals surface area contributed by atoms with Gasteiger partial charge in [0.05, 0.1) is 35.2 Å². The molecule has 5 heterocycles. The number of nitrogens with one attached hydrogen (secondary N) is 2. The van der Waals surface area contributed by atoms with Crippen LogP contribution in [-0.4, -0.2) is 49.4 Å². The SMILES string of the molecule is CC1C=CC(C(O)CC(=O)CCc2ccc3c(c2)OC2C(C#CC(O)c4ccc5c6c4C(CCC6CNC5N)c4c[nH]c5cn2cc45)C2(C#CO3)CCCC2)C(O)C1. The number of aromatic amines is 1. The Labute approximate surface area is 339 Å². The summed E-state index contributed by atoms with van der Waals surface area (Å²) in [5.74, 6) is 11.2. The molecule has 58 heavy (non-hydrogen) atoms. The van der Waals surface area contributed by atoms with Crippen molar-refractivity contribution in [2.45, 2.75) is 114 Å². The highest BCUT2D eigenvalue weighted by molar-refractivity contribution is 5.84. The molecule has 1 saturated carbocycles. The normalized spacial score (nSPS) is 30.6. The molecule has 1 spiro atoms. The van der Waals surface area contributed by atoms with Gasteiger partial charge < -0.3 is 40.1 Å². The lowest BCUT2D eigenvalue weighted by Crippen LogP contribution is -2.40. The highest BCUT2D eigenvalue weighted by Crippen LogP contribution is 2.53. The standard InChI is InChI=1S/C48H52N4O6/c1-27-4-9-32(40(55)20-27)41(56)22-30(53)8-5-28-6-15-42-43(21-28)58-47-37(48(18-19-57-42)16-2-3-17-48)13-14-39(54)33-11-12-34-44-29(23-51-46(34)49)7-10-31(45(33)44)35-24-50-38-26-52(47)25-36(35)38/h4,6,9,11-12,15,21,24-27,29,31-32,37,39-41,46-47,50-51,54-56H,2-3,5,7-8,10,16-17,20,22-23,49H2,1H3. The van der Waals surface area contributed by atoms with Gasteiger partial charge in [-0.05, 0) is 95.9 Å². The fourth-order valence-electron chi connectivity index (χ4n) is 11.0. The number of rotatable bonds is 6. The zero-order valence-corrected chi connectivity index (χ0v) is 32.9. The van der Waals surface area contributed by atoms with Gasteiger partial charge in [0.1, 0.15) is 18.0 Å². The van der Waals surface area contributed by atoms with Crippen LogP contribution >= 0.6 is 0 Å². The number of ether oxygens (including phenoxy) is 2. The smallest absolute Gasteiger partial charge is 0.191 e. The third kappa shape index (κ3) is 6.47. The Morgan fingerprint density at radius 2 is 1.88 bits per heavy atom. The van der Waals surface area contributed by atoms with Crippen molar-refractivity contribution in [2.24, 2.45) is 28.9 Å². The number of aryl methyl sites for hydroxylation is 1. The summed E-state index contributed by atoms with van der Waals surface area (Å²) in [5, 5.41) is 38.1. The predicted octanol–water partition coefficient (Wildman–Crippen LogP) is 6.52. The Morgan fingerprint density at radius 3 is 2.72 bits per heavy atom. The maximum atomic E-state index is 13.2. The number of aliphatic hydroxyl groups excluding tert-OH is 3. The molecule has 0 amide bonds. The van der Waals surface area contributed by atoms with E-state index in [0.29, 0.717) is 30.3 Å². The van der Waals surface area contributed by atoms with E-state index in [2.05, 4.69) is 63.4 Å². The Kier molecular flexibility index (Phi) is 9.55. The molecule has 10 heteroatoms. The molecule has 10 atom stereocenters. The number of aromatic nitrogens is 2. The van der Waals surface area contributed by atoms with Gasteiger partial charge in [0.2, 0.25) is 0 Å². The van der Waals surface area contributed by atoms with Gasteiger partial charge in [-0.15, -0.1) is 0 Å². The topological polar surface area (TPSA) is 155 Å². The molecule has 0 radical (unpaired) electrons. The summed E-state index contributed by atoms with van der Waals surface area (Å²) in [4.78, 5) is 16.7. The van der Waals surface area contributed by atoms with Crippen molar-refractivity contribution in [1.29, 1.82) is 0 Å². The van der Waals surface area contributed by atoms with E-state index in [-0.39, 0.29) is 36.6 Å². The summed E-state index contributed by atoms with van der Waals surface area (Å²) < 4.78 is 15.4. The molecule has 6 aliphatic rings. The first-order chi connectivity index (χ1) is 28.2. The molecule has 10 unspecified atom stereocenters. The van der Waals surface area contributed by atoms with E-state index in [1.807, 2.05) is 43.3 Å². The molecule has 7 N–H and O–H groups in total. The average molecular weight is 781 g/mol.